The van der Waals surface area contributed by atoms with E-state index < -0.39 is 28.7 Å². The minimum absolute atomic E-state index is 0.0590. The Morgan fingerprint density at radius 2 is 2.00 bits per heavy atom. The number of rotatable bonds is 7. The van der Waals surface area contributed by atoms with Gasteiger partial charge in [0.25, 0.3) is 0 Å². The lowest BCUT2D eigenvalue weighted by molar-refractivity contribution is 0.0697. The van der Waals surface area contributed by atoms with Crippen molar-refractivity contribution in [1.82, 2.24) is 4.31 Å². The molecule has 0 saturated carbocycles. The summed E-state index contributed by atoms with van der Waals surface area (Å²) >= 11 is 0. The molecule has 1 rings (SSSR count). The van der Waals surface area contributed by atoms with E-state index in [9.17, 15) is 18.3 Å². The zero-order valence-electron chi connectivity index (χ0n) is 11.6. The number of carbonyl (C=O) groups is 1. The minimum atomic E-state index is -3.73. The van der Waals surface area contributed by atoms with Gasteiger partial charge in [-0.05, 0) is 18.2 Å². The first-order valence-corrected chi connectivity index (χ1v) is 7.46. The lowest BCUT2D eigenvalue weighted by Gasteiger charge is -2.15. The maximum atomic E-state index is 12.0. The number of nitrogens with one attached hydrogen (secondary N) is 1. The van der Waals surface area contributed by atoms with Crippen LogP contribution in [0.2, 0.25) is 0 Å². The number of nitrogens with zero attached hydrogens (tertiary/aromatic N) is 1. The van der Waals surface area contributed by atoms with Gasteiger partial charge in [-0.2, -0.15) is 0 Å². The van der Waals surface area contributed by atoms with Crippen molar-refractivity contribution in [2.45, 2.75) is 11.0 Å². The van der Waals surface area contributed by atoms with Crippen molar-refractivity contribution in [3.05, 3.63) is 23.8 Å². The van der Waals surface area contributed by atoms with Crippen LogP contribution < -0.4 is 5.32 Å². The highest BCUT2D eigenvalue weighted by molar-refractivity contribution is 7.89. The summed E-state index contributed by atoms with van der Waals surface area (Å²) in [5.74, 6) is -1.30. The number of aliphatic hydroxyl groups excluding tert-OH is 2. The smallest absolute Gasteiger partial charge is 0.337 e. The zero-order valence-corrected chi connectivity index (χ0v) is 12.5. The molecule has 0 amide bonds. The Bertz CT molecular complexity index is 614. The van der Waals surface area contributed by atoms with Crippen LogP contribution in [0.1, 0.15) is 10.4 Å². The summed E-state index contributed by atoms with van der Waals surface area (Å²) in [6.07, 6.45) is -1.04. The number of anilines is 1. The molecule has 0 aliphatic carbocycles. The average Bonchev–Trinajstić information content (AvgIpc) is 2.43. The predicted molar refractivity (Wildman–Crippen MR) is 75.9 cm³/mol. The summed E-state index contributed by atoms with van der Waals surface area (Å²) in [4.78, 5) is 11.1. The lowest BCUT2D eigenvalue weighted by Crippen LogP contribution is -2.25. The van der Waals surface area contributed by atoms with Crippen LogP contribution in [0.15, 0.2) is 23.1 Å². The van der Waals surface area contributed by atoms with Crippen LogP contribution in [0, 0.1) is 0 Å². The fourth-order valence-electron chi connectivity index (χ4n) is 1.52. The number of hydrogen-bond donors (Lipinski definition) is 4. The molecule has 0 fully saturated rings. The second kappa shape index (κ2) is 6.85. The molecule has 0 bridgehead atoms. The number of sulfonamides is 1. The fraction of sp³-hybridized carbons (Fsp3) is 0.417. The van der Waals surface area contributed by atoms with Crippen molar-refractivity contribution in [3.8, 4) is 0 Å². The maximum Gasteiger partial charge on any atom is 0.337 e. The van der Waals surface area contributed by atoms with Gasteiger partial charge in [-0.1, -0.05) is 0 Å². The van der Waals surface area contributed by atoms with E-state index in [1.807, 2.05) is 0 Å². The van der Waals surface area contributed by atoms with Crippen LogP contribution in [0.25, 0.3) is 0 Å². The van der Waals surface area contributed by atoms with Gasteiger partial charge in [0.15, 0.2) is 0 Å². The van der Waals surface area contributed by atoms with Gasteiger partial charge in [-0.25, -0.2) is 17.5 Å². The van der Waals surface area contributed by atoms with E-state index >= 15 is 0 Å². The Hall–Kier alpha value is -1.68. The Morgan fingerprint density at radius 3 is 2.48 bits per heavy atom. The third-order valence-corrected chi connectivity index (χ3v) is 4.55. The average molecular weight is 318 g/mol. The molecule has 21 heavy (non-hydrogen) atoms. The quantitative estimate of drug-likeness (QED) is 0.528. The summed E-state index contributed by atoms with van der Waals surface area (Å²) < 4.78 is 24.9. The number of carboxylic acid groups (broad SMARTS) is 1. The van der Waals surface area contributed by atoms with Crippen molar-refractivity contribution >= 4 is 21.7 Å². The highest BCUT2D eigenvalue weighted by Crippen LogP contribution is 2.22. The van der Waals surface area contributed by atoms with Gasteiger partial charge in [-0.3, -0.25) is 0 Å². The first kappa shape index (κ1) is 17.4. The first-order valence-electron chi connectivity index (χ1n) is 6.02. The normalized spacial score (nSPS) is 13.2. The third kappa shape index (κ3) is 4.14. The van der Waals surface area contributed by atoms with E-state index in [-0.39, 0.29) is 22.7 Å². The van der Waals surface area contributed by atoms with Crippen LogP contribution in [-0.4, -0.2) is 67.4 Å². The van der Waals surface area contributed by atoms with Crippen molar-refractivity contribution in [2.24, 2.45) is 0 Å². The van der Waals surface area contributed by atoms with E-state index in [1.54, 1.807) is 0 Å². The van der Waals surface area contributed by atoms with E-state index in [0.717, 1.165) is 10.4 Å². The summed E-state index contributed by atoms with van der Waals surface area (Å²) in [6.45, 7) is -0.529. The van der Waals surface area contributed by atoms with Crippen molar-refractivity contribution in [2.75, 3.05) is 32.6 Å². The molecule has 1 atom stereocenters. The summed E-state index contributed by atoms with van der Waals surface area (Å²) in [6, 6.07) is 3.63. The van der Waals surface area contributed by atoms with E-state index in [4.69, 9.17) is 10.2 Å². The van der Waals surface area contributed by atoms with Gasteiger partial charge < -0.3 is 20.6 Å². The summed E-state index contributed by atoms with van der Waals surface area (Å²) in [5.41, 5.74) is -0.0734. The number of hydrogen-bond acceptors (Lipinski definition) is 6. The van der Waals surface area contributed by atoms with Crippen LogP contribution in [-0.2, 0) is 10.0 Å². The lowest BCUT2D eigenvalue weighted by atomic mass is 10.1. The Balaban J connectivity index is 3.17. The van der Waals surface area contributed by atoms with Gasteiger partial charge in [0.1, 0.15) is 0 Å². The monoisotopic (exact) mass is 318 g/mol. The molecule has 0 radical (unpaired) electrons. The van der Waals surface area contributed by atoms with E-state index in [0.29, 0.717) is 0 Å². The number of aromatic carboxylic acids is 1. The fourth-order valence-corrected chi connectivity index (χ4v) is 2.45. The first-order chi connectivity index (χ1) is 9.70. The molecular weight excluding hydrogens is 300 g/mol. The molecule has 1 aromatic rings. The van der Waals surface area contributed by atoms with Crippen LogP contribution in [0.4, 0.5) is 5.69 Å². The zero-order chi connectivity index (χ0) is 16.2. The highest BCUT2D eigenvalue weighted by Gasteiger charge is 2.21. The molecule has 8 nitrogen and oxygen atoms in total. The molecule has 0 saturated heterocycles. The molecule has 1 aromatic carbocycles. The third-order valence-electron chi connectivity index (χ3n) is 2.74. The van der Waals surface area contributed by atoms with Gasteiger partial charge in [0.05, 0.1) is 23.2 Å². The molecular formula is C12H18N2O6S. The van der Waals surface area contributed by atoms with Crippen LogP contribution in [0.5, 0.6) is 0 Å². The SMILES string of the molecule is CN(C)S(=O)(=O)c1ccc(NCC(O)CO)c(C(=O)O)c1. The van der Waals surface area contributed by atoms with Gasteiger partial charge in [0, 0.05) is 26.3 Å². The van der Waals surface area contributed by atoms with Crippen LogP contribution in [0.3, 0.4) is 0 Å². The Labute approximate surface area is 122 Å². The predicted octanol–water partition coefficient (Wildman–Crippen LogP) is -0.600. The topological polar surface area (TPSA) is 127 Å². The largest absolute Gasteiger partial charge is 0.478 e. The summed E-state index contributed by atoms with van der Waals surface area (Å²) in [7, 11) is -1.04. The highest BCUT2D eigenvalue weighted by atomic mass is 32.2. The molecule has 0 heterocycles. The van der Waals surface area contributed by atoms with Gasteiger partial charge in [-0.15, -0.1) is 0 Å². The second-order valence-corrected chi connectivity index (χ2v) is 6.67. The molecule has 9 heteroatoms. The Morgan fingerprint density at radius 1 is 1.38 bits per heavy atom. The van der Waals surface area contributed by atoms with E-state index in [1.165, 1.54) is 26.2 Å². The minimum Gasteiger partial charge on any atom is -0.478 e. The molecule has 0 aliphatic heterocycles. The molecule has 1 unspecified atom stereocenters. The van der Waals surface area contributed by atoms with E-state index in [2.05, 4.69) is 5.32 Å². The maximum absolute atomic E-state index is 12.0. The molecule has 0 aliphatic rings. The number of benzene rings is 1. The van der Waals surface area contributed by atoms with Gasteiger partial charge >= 0.3 is 5.97 Å². The molecule has 118 valence electrons. The van der Waals surface area contributed by atoms with Crippen molar-refractivity contribution in [1.29, 1.82) is 0 Å². The van der Waals surface area contributed by atoms with Crippen molar-refractivity contribution in [3.63, 3.8) is 0 Å². The number of carboxylic acids is 1. The van der Waals surface area contributed by atoms with Crippen LogP contribution >= 0.6 is 0 Å². The second-order valence-electron chi connectivity index (χ2n) is 4.52. The summed E-state index contributed by atoms with van der Waals surface area (Å²) in [5, 5.41) is 29.8. The Kier molecular flexibility index (Phi) is 5.67. The molecule has 0 aromatic heterocycles. The van der Waals surface area contributed by atoms with Gasteiger partial charge in [0.2, 0.25) is 10.0 Å². The standard InChI is InChI=1S/C12H18N2O6S/c1-14(2)21(19,20)9-3-4-11(10(5-9)12(17)18)13-6-8(16)7-15/h3-5,8,13,15-16H,6-7H2,1-2H3,(H,17,18). The molecule has 4 N–H and O–H groups in total. The van der Waals surface area contributed by atoms with Crippen molar-refractivity contribution < 1.29 is 28.5 Å². The molecule has 0 spiro atoms. The number of aliphatic hydroxyl groups is 2.